The topological polar surface area (TPSA) is 12.0 Å². The zero-order valence-electron chi connectivity index (χ0n) is 10.8. The van der Waals surface area contributed by atoms with Crippen LogP contribution in [0.1, 0.15) is 46.0 Å². The summed E-state index contributed by atoms with van der Waals surface area (Å²) in [6.07, 6.45) is -1.67. The molecule has 0 bridgehead atoms. The van der Waals surface area contributed by atoms with E-state index in [0.717, 1.165) is 30.9 Å². The van der Waals surface area contributed by atoms with Crippen LogP contribution < -0.4 is 5.32 Å². The maximum atomic E-state index is 12.0. The fourth-order valence-corrected chi connectivity index (χ4v) is 2.54. The molecule has 0 fully saturated rings. The highest BCUT2D eigenvalue weighted by atomic mass is 32.2. The molecule has 0 aliphatic rings. The number of hydrogen-bond acceptors (Lipinski definition) is 2. The quantitative estimate of drug-likeness (QED) is 0.597. The molecule has 0 amide bonds. The SMILES string of the molecule is CCCNC(CCCC(F)(F)F)CSCCC. The molecule has 0 aliphatic heterocycles. The summed E-state index contributed by atoms with van der Waals surface area (Å²) >= 11 is 1.83. The number of alkyl halides is 3. The van der Waals surface area contributed by atoms with Gasteiger partial charge in [0, 0.05) is 18.2 Å². The molecule has 0 aromatic heterocycles. The van der Waals surface area contributed by atoms with Crippen molar-refractivity contribution in [2.24, 2.45) is 0 Å². The minimum atomic E-state index is -4.01. The number of rotatable bonds is 10. The van der Waals surface area contributed by atoms with Crippen LogP contribution in [0.2, 0.25) is 0 Å². The highest BCUT2D eigenvalue weighted by molar-refractivity contribution is 7.99. The smallest absolute Gasteiger partial charge is 0.313 e. The number of hydrogen-bond donors (Lipinski definition) is 1. The highest BCUT2D eigenvalue weighted by Crippen LogP contribution is 2.23. The van der Waals surface area contributed by atoms with Gasteiger partial charge < -0.3 is 5.32 Å². The molecule has 0 heterocycles. The van der Waals surface area contributed by atoms with E-state index in [1.54, 1.807) is 0 Å². The Bertz CT molecular complexity index is 174. The number of thioether (sulfide) groups is 1. The van der Waals surface area contributed by atoms with E-state index in [0.29, 0.717) is 6.42 Å². The van der Waals surface area contributed by atoms with Crippen LogP contribution in [-0.2, 0) is 0 Å². The lowest BCUT2D eigenvalue weighted by Gasteiger charge is -2.18. The molecule has 0 aromatic rings. The van der Waals surface area contributed by atoms with E-state index in [4.69, 9.17) is 0 Å². The third-order valence-corrected chi connectivity index (χ3v) is 3.70. The summed E-state index contributed by atoms with van der Waals surface area (Å²) in [4.78, 5) is 0. The second-order valence-corrected chi connectivity index (χ2v) is 5.38. The molecule has 0 aromatic carbocycles. The maximum absolute atomic E-state index is 12.0. The molecule has 0 radical (unpaired) electrons. The van der Waals surface area contributed by atoms with Gasteiger partial charge in [0.25, 0.3) is 0 Å². The number of halogens is 3. The molecule has 0 saturated heterocycles. The van der Waals surface area contributed by atoms with Crippen LogP contribution in [0.4, 0.5) is 13.2 Å². The first-order valence-electron chi connectivity index (χ1n) is 6.37. The van der Waals surface area contributed by atoms with Gasteiger partial charge in [-0.05, 0) is 38.0 Å². The first-order chi connectivity index (χ1) is 7.99. The summed E-state index contributed by atoms with van der Waals surface area (Å²) in [5.41, 5.74) is 0. The van der Waals surface area contributed by atoms with Gasteiger partial charge in [0.15, 0.2) is 0 Å². The maximum Gasteiger partial charge on any atom is 0.389 e. The minimum Gasteiger partial charge on any atom is -0.313 e. The highest BCUT2D eigenvalue weighted by Gasteiger charge is 2.26. The number of nitrogens with one attached hydrogen (secondary N) is 1. The van der Waals surface area contributed by atoms with Crippen molar-refractivity contribution < 1.29 is 13.2 Å². The van der Waals surface area contributed by atoms with E-state index in [9.17, 15) is 13.2 Å². The van der Waals surface area contributed by atoms with E-state index in [1.165, 1.54) is 0 Å². The van der Waals surface area contributed by atoms with Crippen molar-refractivity contribution in [1.82, 2.24) is 5.32 Å². The fourth-order valence-electron chi connectivity index (χ4n) is 1.51. The summed E-state index contributed by atoms with van der Waals surface area (Å²) in [6.45, 7) is 5.08. The van der Waals surface area contributed by atoms with E-state index in [-0.39, 0.29) is 12.5 Å². The van der Waals surface area contributed by atoms with Crippen LogP contribution in [0, 0.1) is 0 Å². The Kier molecular flexibility index (Phi) is 10.1. The van der Waals surface area contributed by atoms with Crippen molar-refractivity contribution in [2.75, 3.05) is 18.1 Å². The Hall–Kier alpha value is 0.100. The van der Waals surface area contributed by atoms with Gasteiger partial charge >= 0.3 is 6.18 Å². The summed E-state index contributed by atoms with van der Waals surface area (Å²) < 4.78 is 36.1. The van der Waals surface area contributed by atoms with Gasteiger partial charge in [-0.1, -0.05) is 13.8 Å². The molecule has 0 aliphatic carbocycles. The monoisotopic (exact) mass is 271 g/mol. The average molecular weight is 271 g/mol. The standard InChI is InChI=1S/C12H24F3NS/c1-3-8-16-11(10-17-9-4-2)6-5-7-12(13,14)15/h11,16H,3-10H2,1-2H3. The lowest BCUT2D eigenvalue weighted by Crippen LogP contribution is -2.32. The van der Waals surface area contributed by atoms with Gasteiger partial charge in [-0.2, -0.15) is 24.9 Å². The van der Waals surface area contributed by atoms with Crippen molar-refractivity contribution in [2.45, 2.75) is 58.2 Å². The first-order valence-corrected chi connectivity index (χ1v) is 7.53. The molecule has 1 nitrogen and oxygen atoms in total. The summed E-state index contributed by atoms with van der Waals surface area (Å²) in [5.74, 6) is 2.01. The normalized spacial score (nSPS) is 13.9. The van der Waals surface area contributed by atoms with Crippen LogP contribution in [0.15, 0.2) is 0 Å². The Labute approximate surface area is 107 Å². The van der Waals surface area contributed by atoms with Gasteiger partial charge in [-0.25, -0.2) is 0 Å². The zero-order valence-corrected chi connectivity index (χ0v) is 11.6. The fraction of sp³-hybridized carbons (Fsp3) is 1.00. The summed E-state index contributed by atoms with van der Waals surface area (Å²) in [5, 5.41) is 3.33. The predicted octanol–water partition coefficient (Wildman–Crippen LogP) is 4.23. The van der Waals surface area contributed by atoms with Crippen molar-refractivity contribution in [1.29, 1.82) is 0 Å². The Morgan fingerprint density at radius 1 is 1.18 bits per heavy atom. The summed E-state index contributed by atoms with van der Waals surface area (Å²) in [7, 11) is 0. The van der Waals surface area contributed by atoms with Crippen LogP contribution in [0.5, 0.6) is 0 Å². The average Bonchev–Trinajstić information content (AvgIpc) is 2.23. The van der Waals surface area contributed by atoms with E-state index in [1.807, 2.05) is 11.8 Å². The van der Waals surface area contributed by atoms with E-state index >= 15 is 0 Å². The molecule has 5 heteroatoms. The largest absolute Gasteiger partial charge is 0.389 e. The molecule has 1 unspecified atom stereocenters. The van der Waals surface area contributed by atoms with Crippen molar-refractivity contribution in [3.63, 3.8) is 0 Å². The molecule has 104 valence electrons. The zero-order chi connectivity index (χ0) is 13.1. The van der Waals surface area contributed by atoms with E-state index in [2.05, 4.69) is 19.2 Å². The van der Waals surface area contributed by atoms with Crippen molar-refractivity contribution in [3.05, 3.63) is 0 Å². The Balaban J connectivity index is 3.75. The molecule has 0 rings (SSSR count). The molecule has 17 heavy (non-hydrogen) atoms. The molecule has 1 N–H and O–H groups in total. The van der Waals surface area contributed by atoms with Crippen molar-refractivity contribution in [3.8, 4) is 0 Å². The molecular weight excluding hydrogens is 247 g/mol. The van der Waals surface area contributed by atoms with Crippen molar-refractivity contribution >= 4 is 11.8 Å². The van der Waals surface area contributed by atoms with Gasteiger partial charge in [-0.15, -0.1) is 0 Å². The van der Waals surface area contributed by atoms with Gasteiger partial charge in [-0.3, -0.25) is 0 Å². The van der Waals surface area contributed by atoms with Crippen LogP contribution in [0.3, 0.4) is 0 Å². The van der Waals surface area contributed by atoms with Crippen LogP contribution in [0.25, 0.3) is 0 Å². The first kappa shape index (κ1) is 17.1. The van der Waals surface area contributed by atoms with Gasteiger partial charge in [0.1, 0.15) is 0 Å². The molecule has 0 spiro atoms. The second-order valence-electron chi connectivity index (χ2n) is 4.23. The van der Waals surface area contributed by atoms with Crippen LogP contribution in [-0.4, -0.2) is 30.3 Å². The Morgan fingerprint density at radius 2 is 1.88 bits per heavy atom. The van der Waals surface area contributed by atoms with Gasteiger partial charge in [0.2, 0.25) is 0 Å². The third-order valence-electron chi connectivity index (χ3n) is 2.36. The predicted molar refractivity (Wildman–Crippen MR) is 69.6 cm³/mol. The lowest BCUT2D eigenvalue weighted by molar-refractivity contribution is -0.135. The van der Waals surface area contributed by atoms with Gasteiger partial charge in [0.05, 0.1) is 0 Å². The lowest BCUT2D eigenvalue weighted by atomic mass is 10.1. The van der Waals surface area contributed by atoms with Crippen LogP contribution >= 0.6 is 11.8 Å². The van der Waals surface area contributed by atoms with E-state index < -0.39 is 12.6 Å². The minimum absolute atomic E-state index is 0.230. The molecule has 0 saturated carbocycles. The Morgan fingerprint density at radius 3 is 2.41 bits per heavy atom. The summed E-state index contributed by atoms with van der Waals surface area (Å²) in [6, 6.07) is 0.230. The molecular formula is C12H24F3NS. The molecule has 1 atom stereocenters. The third kappa shape index (κ3) is 12.3. The second kappa shape index (κ2) is 10.1.